The number of pyridine rings is 1. The maximum absolute atomic E-state index is 12.3. The quantitative estimate of drug-likeness (QED) is 0.707. The van der Waals surface area contributed by atoms with Gasteiger partial charge in [0.15, 0.2) is 10.8 Å². The van der Waals surface area contributed by atoms with E-state index in [1.165, 1.54) is 11.3 Å². The Labute approximate surface area is 162 Å². The Balaban J connectivity index is 1.43. The van der Waals surface area contributed by atoms with Crippen LogP contribution in [0.4, 0.5) is 5.13 Å². The van der Waals surface area contributed by atoms with Crippen molar-refractivity contribution in [3.05, 3.63) is 35.6 Å². The first kappa shape index (κ1) is 18.1. The number of carbonyl (C=O) groups is 1. The van der Waals surface area contributed by atoms with Gasteiger partial charge < -0.3 is 5.32 Å². The number of anilines is 1. The summed E-state index contributed by atoms with van der Waals surface area (Å²) in [6.07, 6.45) is 6.79. The summed E-state index contributed by atoms with van der Waals surface area (Å²) in [5, 5.41) is 10.9. The Morgan fingerprint density at radius 3 is 3.15 bits per heavy atom. The van der Waals surface area contributed by atoms with Crippen LogP contribution in [0, 0.1) is 0 Å². The highest BCUT2D eigenvalue weighted by atomic mass is 32.1. The number of fused-ring (bicyclic) bond motifs is 1. The molecule has 3 aromatic rings. The normalized spacial score (nSPS) is 18.0. The van der Waals surface area contributed by atoms with Crippen LogP contribution >= 0.6 is 11.3 Å². The van der Waals surface area contributed by atoms with Gasteiger partial charge in [-0.1, -0.05) is 6.92 Å². The number of nitrogens with zero attached hydrogens (tertiary/aromatic N) is 5. The van der Waals surface area contributed by atoms with Crippen molar-refractivity contribution in [3.8, 4) is 0 Å². The molecule has 0 aromatic carbocycles. The zero-order valence-corrected chi connectivity index (χ0v) is 16.3. The first-order chi connectivity index (χ1) is 13.2. The van der Waals surface area contributed by atoms with Crippen LogP contribution in [0.25, 0.3) is 11.0 Å². The summed E-state index contributed by atoms with van der Waals surface area (Å²) in [4.78, 5) is 23.5. The fourth-order valence-electron chi connectivity index (χ4n) is 3.66. The predicted octanol–water partition coefficient (Wildman–Crippen LogP) is 3.12. The van der Waals surface area contributed by atoms with Crippen LogP contribution in [-0.2, 0) is 11.3 Å². The average molecular weight is 385 g/mol. The molecular weight excluding hydrogens is 360 g/mol. The summed E-state index contributed by atoms with van der Waals surface area (Å²) < 4.78 is 1.99. The highest BCUT2D eigenvalue weighted by molar-refractivity contribution is 7.13. The van der Waals surface area contributed by atoms with Gasteiger partial charge in [0.05, 0.1) is 12.7 Å². The van der Waals surface area contributed by atoms with Gasteiger partial charge in [-0.3, -0.25) is 9.69 Å². The van der Waals surface area contributed by atoms with Crippen LogP contribution in [0.1, 0.15) is 37.8 Å². The summed E-state index contributed by atoms with van der Waals surface area (Å²) in [7, 11) is 0. The van der Waals surface area contributed by atoms with Gasteiger partial charge in [-0.25, -0.2) is 14.6 Å². The standard InChI is InChI=1S/C19H24N6OS/c1-2-8-25-18-14(11-21-25)5-6-16(22-18)15-4-3-9-24(12-15)13-17(26)23-19-20-7-10-27-19/h5-7,10-11,15H,2-4,8-9,12-13H2,1H3,(H,20,23,26)/t15-/m1/s1. The molecule has 1 saturated heterocycles. The van der Waals surface area contributed by atoms with Crippen molar-refractivity contribution in [3.63, 3.8) is 0 Å². The molecule has 0 aliphatic carbocycles. The summed E-state index contributed by atoms with van der Waals surface area (Å²) in [5.41, 5.74) is 2.07. The number of nitrogens with one attached hydrogen (secondary N) is 1. The maximum atomic E-state index is 12.3. The molecule has 4 heterocycles. The van der Waals surface area contributed by atoms with Crippen molar-refractivity contribution in [1.82, 2.24) is 24.6 Å². The molecule has 1 aliphatic rings. The van der Waals surface area contributed by atoms with Crippen molar-refractivity contribution in [1.29, 1.82) is 0 Å². The average Bonchev–Trinajstić information content (AvgIpc) is 3.32. The Morgan fingerprint density at radius 2 is 2.33 bits per heavy atom. The molecule has 3 aromatic heterocycles. The SMILES string of the molecule is CCCn1ncc2ccc([C@@H]3CCCN(CC(=O)Nc4nccs4)C3)nc21. The third kappa shape index (κ3) is 4.17. The monoisotopic (exact) mass is 384 g/mol. The van der Waals surface area contributed by atoms with Crippen LogP contribution in [-0.4, -0.2) is 50.2 Å². The van der Waals surface area contributed by atoms with Crippen molar-refractivity contribution in [2.45, 2.75) is 38.6 Å². The molecule has 1 N–H and O–H groups in total. The Hall–Kier alpha value is -2.32. The second kappa shape index (κ2) is 8.14. The van der Waals surface area contributed by atoms with E-state index in [-0.39, 0.29) is 5.91 Å². The summed E-state index contributed by atoms with van der Waals surface area (Å²) in [5.74, 6) is 0.343. The molecule has 1 atom stereocenters. The van der Waals surface area contributed by atoms with E-state index in [1.54, 1.807) is 6.20 Å². The van der Waals surface area contributed by atoms with Gasteiger partial charge >= 0.3 is 0 Å². The first-order valence-electron chi connectivity index (χ1n) is 9.47. The van der Waals surface area contributed by atoms with E-state index in [9.17, 15) is 4.79 Å². The molecule has 1 fully saturated rings. The minimum absolute atomic E-state index is 0.00460. The van der Waals surface area contributed by atoms with E-state index in [0.29, 0.717) is 17.6 Å². The molecule has 27 heavy (non-hydrogen) atoms. The van der Waals surface area contributed by atoms with Crippen molar-refractivity contribution >= 4 is 33.4 Å². The number of thiazole rings is 1. The second-order valence-electron chi connectivity index (χ2n) is 6.98. The van der Waals surface area contributed by atoms with Gasteiger partial charge in [-0.2, -0.15) is 5.10 Å². The Kier molecular flexibility index (Phi) is 5.45. The van der Waals surface area contributed by atoms with Crippen LogP contribution < -0.4 is 5.32 Å². The fraction of sp³-hybridized carbons (Fsp3) is 0.474. The smallest absolute Gasteiger partial charge is 0.240 e. The lowest BCUT2D eigenvalue weighted by atomic mass is 9.94. The van der Waals surface area contributed by atoms with Crippen molar-refractivity contribution in [2.75, 3.05) is 25.0 Å². The van der Waals surface area contributed by atoms with Crippen LogP contribution in [0.2, 0.25) is 0 Å². The number of amides is 1. The molecule has 8 heteroatoms. The lowest BCUT2D eigenvalue weighted by Gasteiger charge is -2.31. The molecule has 1 aliphatic heterocycles. The minimum Gasteiger partial charge on any atom is -0.301 e. The molecule has 142 valence electrons. The lowest BCUT2D eigenvalue weighted by Crippen LogP contribution is -2.40. The highest BCUT2D eigenvalue weighted by Crippen LogP contribution is 2.27. The largest absolute Gasteiger partial charge is 0.301 e. The topological polar surface area (TPSA) is 75.9 Å². The number of piperidine rings is 1. The van der Waals surface area contributed by atoms with E-state index in [1.807, 2.05) is 16.3 Å². The Morgan fingerprint density at radius 1 is 1.41 bits per heavy atom. The summed E-state index contributed by atoms with van der Waals surface area (Å²) in [6.45, 7) is 5.22. The molecule has 0 unspecified atom stereocenters. The van der Waals surface area contributed by atoms with Gasteiger partial charge in [-0.15, -0.1) is 11.3 Å². The van der Waals surface area contributed by atoms with Crippen LogP contribution in [0.3, 0.4) is 0 Å². The van der Waals surface area contributed by atoms with E-state index in [2.05, 4.69) is 39.4 Å². The first-order valence-corrected chi connectivity index (χ1v) is 10.3. The summed E-state index contributed by atoms with van der Waals surface area (Å²) in [6, 6.07) is 4.23. The van der Waals surface area contributed by atoms with E-state index >= 15 is 0 Å². The van der Waals surface area contributed by atoms with Gasteiger partial charge in [-0.05, 0) is 37.9 Å². The number of aromatic nitrogens is 4. The van der Waals surface area contributed by atoms with E-state index in [4.69, 9.17) is 4.98 Å². The predicted molar refractivity (Wildman–Crippen MR) is 107 cm³/mol. The number of aryl methyl sites for hydroxylation is 1. The number of rotatable bonds is 6. The fourth-order valence-corrected chi connectivity index (χ4v) is 4.20. The number of hydrogen-bond donors (Lipinski definition) is 1. The highest BCUT2D eigenvalue weighted by Gasteiger charge is 2.24. The van der Waals surface area contributed by atoms with Gasteiger partial charge in [0.2, 0.25) is 5.91 Å². The third-order valence-electron chi connectivity index (χ3n) is 4.91. The van der Waals surface area contributed by atoms with Gasteiger partial charge in [0.1, 0.15) is 0 Å². The molecule has 0 radical (unpaired) electrons. The lowest BCUT2D eigenvalue weighted by molar-refractivity contribution is -0.117. The number of hydrogen-bond acceptors (Lipinski definition) is 6. The van der Waals surface area contributed by atoms with Gasteiger partial charge in [0.25, 0.3) is 0 Å². The molecule has 7 nitrogen and oxygen atoms in total. The van der Waals surface area contributed by atoms with E-state index < -0.39 is 0 Å². The molecule has 1 amide bonds. The summed E-state index contributed by atoms with van der Waals surface area (Å²) >= 11 is 1.44. The minimum atomic E-state index is -0.00460. The molecular formula is C19H24N6OS. The van der Waals surface area contributed by atoms with Crippen molar-refractivity contribution in [2.24, 2.45) is 0 Å². The Bertz CT molecular complexity index is 906. The van der Waals surface area contributed by atoms with Crippen molar-refractivity contribution < 1.29 is 4.79 Å². The molecule has 0 spiro atoms. The zero-order valence-electron chi connectivity index (χ0n) is 15.5. The zero-order chi connectivity index (χ0) is 18.6. The second-order valence-corrected chi connectivity index (χ2v) is 7.87. The maximum Gasteiger partial charge on any atom is 0.240 e. The molecule has 0 bridgehead atoms. The van der Waals surface area contributed by atoms with E-state index in [0.717, 1.165) is 55.6 Å². The van der Waals surface area contributed by atoms with Gasteiger partial charge in [0, 0.05) is 41.7 Å². The molecule has 0 saturated carbocycles. The van der Waals surface area contributed by atoms with Crippen LogP contribution in [0.5, 0.6) is 0 Å². The molecule has 4 rings (SSSR count). The third-order valence-corrected chi connectivity index (χ3v) is 5.60. The number of likely N-dealkylation sites (tertiary alicyclic amines) is 1. The van der Waals surface area contributed by atoms with Crippen LogP contribution in [0.15, 0.2) is 29.9 Å². The number of carbonyl (C=O) groups excluding carboxylic acids is 1.